The van der Waals surface area contributed by atoms with E-state index in [0.29, 0.717) is 12.5 Å². The van der Waals surface area contributed by atoms with Crippen molar-refractivity contribution in [2.45, 2.75) is 38.6 Å². The second-order valence-corrected chi connectivity index (χ2v) is 5.10. The fourth-order valence-electron chi connectivity index (χ4n) is 2.23. The van der Waals surface area contributed by atoms with Crippen molar-refractivity contribution in [1.29, 1.82) is 0 Å². The van der Waals surface area contributed by atoms with Crippen LogP contribution < -0.4 is 11.1 Å². The summed E-state index contributed by atoms with van der Waals surface area (Å²) in [7, 11) is 0. The number of nitrogens with one attached hydrogen (secondary N) is 1. The first-order chi connectivity index (χ1) is 8.74. The number of halogens is 1. The average Bonchev–Trinajstić information content (AvgIpc) is 3.21. The molecule has 0 aliphatic heterocycles. The number of aryl methyl sites for hydroxylation is 1. The smallest absolute Gasteiger partial charge is 0.251 e. The van der Waals surface area contributed by atoms with Crippen LogP contribution in [0.25, 0.3) is 0 Å². The van der Waals surface area contributed by atoms with E-state index >= 15 is 0 Å². The van der Waals surface area contributed by atoms with Crippen LogP contribution in [0.15, 0.2) is 24.3 Å². The van der Waals surface area contributed by atoms with Crippen LogP contribution in [0.1, 0.15) is 42.1 Å². The third-order valence-electron chi connectivity index (χ3n) is 3.52. The normalized spacial score (nSPS) is 15.5. The van der Waals surface area contributed by atoms with Gasteiger partial charge in [-0.1, -0.05) is 25.5 Å². The lowest BCUT2D eigenvalue weighted by atomic mass is 10.1. The van der Waals surface area contributed by atoms with E-state index in [-0.39, 0.29) is 24.4 Å². The van der Waals surface area contributed by atoms with Gasteiger partial charge in [-0.2, -0.15) is 0 Å². The van der Waals surface area contributed by atoms with E-state index in [1.54, 1.807) is 0 Å². The maximum absolute atomic E-state index is 12.0. The zero-order chi connectivity index (χ0) is 13.0. The van der Waals surface area contributed by atoms with Crippen LogP contribution in [0.3, 0.4) is 0 Å². The zero-order valence-electron chi connectivity index (χ0n) is 11.4. The van der Waals surface area contributed by atoms with Crippen molar-refractivity contribution < 1.29 is 4.79 Å². The van der Waals surface area contributed by atoms with E-state index in [1.807, 2.05) is 24.3 Å². The highest BCUT2D eigenvalue weighted by Crippen LogP contribution is 2.32. The zero-order valence-corrected chi connectivity index (χ0v) is 12.2. The van der Waals surface area contributed by atoms with Gasteiger partial charge in [0.05, 0.1) is 0 Å². The Morgan fingerprint density at radius 3 is 2.47 bits per heavy atom. The summed E-state index contributed by atoms with van der Waals surface area (Å²) in [6, 6.07) is 8.02. The van der Waals surface area contributed by atoms with Gasteiger partial charge in [-0.05, 0) is 42.9 Å². The molecule has 1 aliphatic rings. The number of carbonyl (C=O) groups is 1. The molecule has 0 bridgehead atoms. The molecule has 2 rings (SSSR count). The van der Waals surface area contributed by atoms with E-state index in [9.17, 15) is 4.79 Å². The van der Waals surface area contributed by atoms with E-state index in [1.165, 1.54) is 18.4 Å². The lowest BCUT2D eigenvalue weighted by Gasteiger charge is -2.16. The minimum Gasteiger partial charge on any atom is -0.348 e. The molecule has 0 heterocycles. The van der Waals surface area contributed by atoms with Crippen molar-refractivity contribution in [3.63, 3.8) is 0 Å². The van der Waals surface area contributed by atoms with Crippen molar-refractivity contribution in [2.24, 2.45) is 11.7 Å². The molecule has 1 aromatic carbocycles. The number of hydrogen-bond donors (Lipinski definition) is 2. The Morgan fingerprint density at radius 1 is 1.37 bits per heavy atom. The lowest BCUT2D eigenvalue weighted by molar-refractivity contribution is 0.0933. The molecule has 4 heteroatoms. The first kappa shape index (κ1) is 16.0. The summed E-state index contributed by atoms with van der Waals surface area (Å²) in [5, 5.41) is 3.03. The van der Waals surface area contributed by atoms with Crippen molar-refractivity contribution in [2.75, 3.05) is 6.54 Å². The number of carbonyl (C=O) groups excluding carboxylic acids is 1. The molecular weight excluding hydrogens is 260 g/mol. The molecule has 0 spiro atoms. The number of amides is 1. The fourth-order valence-corrected chi connectivity index (χ4v) is 2.23. The summed E-state index contributed by atoms with van der Waals surface area (Å²) < 4.78 is 0. The van der Waals surface area contributed by atoms with Gasteiger partial charge in [-0.3, -0.25) is 4.79 Å². The number of hydrogen-bond acceptors (Lipinski definition) is 2. The van der Waals surface area contributed by atoms with Crippen LogP contribution in [0.5, 0.6) is 0 Å². The predicted molar refractivity (Wildman–Crippen MR) is 80.7 cm³/mol. The van der Waals surface area contributed by atoms with Crippen molar-refractivity contribution in [3.8, 4) is 0 Å². The SMILES string of the molecule is CCCc1ccc(C(=O)NC(CN)C2CC2)cc1.Cl. The molecule has 3 nitrogen and oxygen atoms in total. The van der Waals surface area contributed by atoms with Crippen molar-refractivity contribution in [3.05, 3.63) is 35.4 Å². The summed E-state index contributed by atoms with van der Waals surface area (Å²) in [5.74, 6) is 0.596. The molecule has 1 saturated carbocycles. The first-order valence-electron chi connectivity index (χ1n) is 6.84. The minimum absolute atomic E-state index is 0. The number of nitrogens with two attached hydrogens (primary N) is 1. The van der Waals surface area contributed by atoms with Gasteiger partial charge in [-0.25, -0.2) is 0 Å². The monoisotopic (exact) mass is 282 g/mol. The van der Waals surface area contributed by atoms with Gasteiger partial charge >= 0.3 is 0 Å². The Morgan fingerprint density at radius 2 is 2.00 bits per heavy atom. The quantitative estimate of drug-likeness (QED) is 0.842. The Bertz CT molecular complexity index is 401. The second-order valence-electron chi connectivity index (χ2n) is 5.10. The fraction of sp³-hybridized carbons (Fsp3) is 0.533. The molecule has 1 fully saturated rings. The van der Waals surface area contributed by atoms with Gasteiger partial charge in [-0.15, -0.1) is 12.4 Å². The molecule has 1 atom stereocenters. The van der Waals surface area contributed by atoms with E-state index in [4.69, 9.17) is 5.73 Å². The third kappa shape index (κ3) is 4.51. The summed E-state index contributed by atoms with van der Waals surface area (Å²) >= 11 is 0. The maximum atomic E-state index is 12.0. The summed E-state index contributed by atoms with van der Waals surface area (Å²) in [6.45, 7) is 2.69. The van der Waals surface area contributed by atoms with Gasteiger partial charge in [0.2, 0.25) is 0 Å². The molecule has 0 saturated heterocycles. The highest BCUT2D eigenvalue weighted by molar-refractivity contribution is 5.94. The van der Waals surface area contributed by atoms with Gasteiger partial charge < -0.3 is 11.1 Å². The standard InChI is InChI=1S/C15H22N2O.ClH/c1-2-3-11-4-6-13(7-5-11)15(18)17-14(10-16)12-8-9-12;/h4-7,12,14H,2-3,8-10,16H2,1H3,(H,17,18);1H. The van der Waals surface area contributed by atoms with Gasteiger partial charge in [0.1, 0.15) is 0 Å². The van der Waals surface area contributed by atoms with E-state index < -0.39 is 0 Å². The van der Waals surface area contributed by atoms with Gasteiger partial charge in [0.25, 0.3) is 5.91 Å². The number of benzene rings is 1. The molecule has 0 aromatic heterocycles. The molecular formula is C15H23ClN2O. The molecule has 1 aliphatic carbocycles. The number of rotatable bonds is 6. The first-order valence-corrected chi connectivity index (χ1v) is 6.84. The molecule has 1 aromatic rings. The van der Waals surface area contributed by atoms with Gasteiger partial charge in [0, 0.05) is 18.2 Å². The lowest BCUT2D eigenvalue weighted by Crippen LogP contribution is -2.41. The minimum atomic E-state index is 0. The van der Waals surface area contributed by atoms with Crippen LogP contribution in [0.4, 0.5) is 0 Å². The summed E-state index contributed by atoms with van der Waals surface area (Å²) in [6.07, 6.45) is 4.58. The van der Waals surface area contributed by atoms with Crippen LogP contribution in [-0.2, 0) is 6.42 Å². The van der Waals surface area contributed by atoms with E-state index in [0.717, 1.165) is 18.4 Å². The predicted octanol–water partition coefficient (Wildman–Crippen LogP) is 2.53. The van der Waals surface area contributed by atoms with Crippen molar-refractivity contribution in [1.82, 2.24) is 5.32 Å². The highest BCUT2D eigenvalue weighted by atomic mass is 35.5. The maximum Gasteiger partial charge on any atom is 0.251 e. The Kier molecular flexibility index (Phi) is 6.32. The molecule has 19 heavy (non-hydrogen) atoms. The van der Waals surface area contributed by atoms with Gasteiger partial charge in [0.15, 0.2) is 0 Å². The van der Waals surface area contributed by atoms with Crippen LogP contribution in [-0.4, -0.2) is 18.5 Å². The average molecular weight is 283 g/mol. The molecule has 0 radical (unpaired) electrons. The molecule has 106 valence electrons. The Hall–Kier alpha value is -1.06. The van der Waals surface area contributed by atoms with Crippen LogP contribution in [0.2, 0.25) is 0 Å². The Balaban J connectivity index is 0.00000180. The highest BCUT2D eigenvalue weighted by Gasteiger charge is 2.31. The van der Waals surface area contributed by atoms with Crippen molar-refractivity contribution >= 4 is 18.3 Å². The second kappa shape index (κ2) is 7.51. The summed E-state index contributed by atoms with van der Waals surface area (Å²) in [4.78, 5) is 12.0. The largest absolute Gasteiger partial charge is 0.348 e. The Labute approximate surface area is 121 Å². The van der Waals surface area contributed by atoms with Crippen LogP contribution >= 0.6 is 12.4 Å². The third-order valence-corrected chi connectivity index (χ3v) is 3.52. The molecule has 1 unspecified atom stereocenters. The summed E-state index contributed by atoms with van der Waals surface area (Å²) in [5.41, 5.74) is 7.70. The molecule has 3 N–H and O–H groups in total. The topological polar surface area (TPSA) is 55.1 Å². The molecule has 1 amide bonds. The van der Waals surface area contributed by atoms with E-state index in [2.05, 4.69) is 12.2 Å². The van der Waals surface area contributed by atoms with Crippen LogP contribution in [0, 0.1) is 5.92 Å².